The van der Waals surface area contributed by atoms with Crippen LogP contribution in [-0.2, 0) is 11.3 Å². The van der Waals surface area contributed by atoms with Gasteiger partial charge in [0.15, 0.2) is 6.29 Å². The molecule has 0 aromatic heterocycles. The Labute approximate surface area is 124 Å². The first kappa shape index (κ1) is 15.2. The zero-order valence-corrected chi connectivity index (χ0v) is 11.9. The molecule has 0 heterocycles. The van der Waals surface area contributed by atoms with E-state index in [1.807, 2.05) is 24.3 Å². The minimum atomic E-state index is -1.60. The fourth-order valence-electron chi connectivity index (χ4n) is 2.00. The number of hydrogen-bond donors (Lipinski definition) is 3. The monoisotopic (exact) mass is 285 g/mol. The molecular weight excluding hydrogens is 266 g/mol. The van der Waals surface area contributed by atoms with Crippen LogP contribution in [0, 0.1) is 6.92 Å². The lowest BCUT2D eigenvalue weighted by Crippen LogP contribution is -2.26. The molecule has 0 aliphatic carbocycles. The Bertz CT molecular complexity index is 588. The summed E-state index contributed by atoms with van der Waals surface area (Å²) in [6, 6.07) is 16.2. The molecule has 0 fully saturated rings. The minimum absolute atomic E-state index is 0.304. The van der Waals surface area contributed by atoms with Crippen molar-refractivity contribution in [3.05, 3.63) is 59.7 Å². The summed E-state index contributed by atoms with van der Waals surface area (Å²) in [4.78, 5) is 11.3. The van der Waals surface area contributed by atoms with E-state index in [1.165, 1.54) is 5.56 Å². The third-order valence-corrected chi connectivity index (χ3v) is 3.20. The Morgan fingerprint density at radius 2 is 1.52 bits per heavy atom. The van der Waals surface area contributed by atoms with Gasteiger partial charge >= 0.3 is 0 Å². The molecule has 0 atom stereocenters. The number of amides is 1. The number of aryl methyl sites for hydroxylation is 1. The maximum Gasteiger partial charge on any atom is 0.225 e. The fourth-order valence-corrected chi connectivity index (χ4v) is 2.00. The first-order valence-corrected chi connectivity index (χ1v) is 6.83. The summed E-state index contributed by atoms with van der Waals surface area (Å²) < 4.78 is 0. The maximum atomic E-state index is 11.3. The predicted molar refractivity (Wildman–Crippen MR) is 81.3 cm³/mol. The van der Waals surface area contributed by atoms with Crippen LogP contribution >= 0.6 is 0 Å². The number of aliphatic hydroxyl groups excluding tert-OH is 1. The molecule has 3 N–H and O–H groups in total. The van der Waals surface area contributed by atoms with Crippen LogP contribution in [0.4, 0.5) is 0 Å². The van der Waals surface area contributed by atoms with Crippen LogP contribution < -0.4 is 5.32 Å². The van der Waals surface area contributed by atoms with Crippen molar-refractivity contribution < 1.29 is 15.0 Å². The molecule has 4 heteroatoms. The Kier molecular flexibility index (Phi) is 5.09. The molecule has 2 aromatic rings. The summed E-state index contributed by atoms with van der Waals surface area (Å²) in [5, 5.41) is 20.0. The molecule has 0 saturated heterocycles. The molecule has 110 valence electrons. The van der Waals surface area contributed by atoms with Gasteiger partial charge in [0.25, 0.3) is 0 Å². The fraction of sp³-hybridized carbons (Fsp3) is 0.235. The van der Waals surface area contributed by atoms with Crippen LogP contribution in [-0.4, -0.2) is 22.4 Å². The third-order valence-electron chi connectivity index (χ3n) is 3.20. The van der Waals surface area contributed by atoms with Crippen molar-refractivity contribution >= 4 is 5.91 Å². The van der Waals surface area contributed by atoms with Gasteiger partial charge in [0.1, 0.15) is 0 Å². The average Bonchev–Trinajstić information content (AvgIpc) is 2.46. The van der Waals surface area contributed by atoms with Gasteiger partial charge < -0.3 is 15.5 Å². The summed E-state index contributed by atoms with van der Waals surface area (Å²) in [6.07, 6.45) is -1.91. The van der Waals surface area contributed by atoms with Gasteiger partial charge in [-0.2, -0.15) is 0 Å². The van der Waals surface area contributed by atoms with Gasteiger partial charge in [-0.25, -0.2) is 0 Å². The quantitative estimate of drug-likeness (QED) is 0.736. The van der Waals surface area contributed by atoms with Crippen LogP contribution in [0.2, 0.25) is 0 Å². The molecule has 2 rings (SSSR count). The van der Waals surface area contributed by atoms with Gasteiger partial charge in [-0.15, -0.1) is 0 Å². The number of aliphatic hydroxyl groups is 2. The van der Waals surface area contributed by atoms with E-state index < -0.39 is 6.29 Å². The summed E-state index contributed by atoms with van der Waals surface area (Å²) in [5.74, 6) is -0.382. The Hall–Kier alpha value is -2.17. The number of benzene rings is 2. The summed E-state index contributed by atoms with van der Waals surface area (Å²) >= 11 is 0. The molecule has 2 aromatic carbocycles. The van der Waals surface area contributed by atoms with E-state index in [0.29, 0.717) is 6.54 Å². The van der Waals surface area contributed by atoms with Gasteiger partial charge in [-0.1, -0.05) is 54.1 Å². The average molecular weight is 285 g/mol. The Morgan fingerprint density at radius 3 is 2.05 bits per heavy atom. The molecule has 0 spiro atoms. The van der Waals surface area contributed by atoms with Gasteiger partial charge in [0, 0.05) is 6.54 Å². The van der Waals surface area contributed by atoms with Crippen molar-refractivity contribution in [1.82, 2.24) is 5.32 Å². The second kappa shape index (κ2) is 7.02. The molecule has 21 heavy (non-hydrogen) atoms. The van der Waals surface area contributed by atoms with Crippen LogP contribution in [0.1, 0.15) is 17.5 Å². The van der Waals surface area contributed by atoms with Gasteiger partial charge in [0.2, 0.25) is 5.91 Å². The van der Waals surface area contributed by atoms with Gasteiger partial charge in [0.05, 0.1) is 6.42 Å². The highest BCUT2D eigenvalue weighted by atomic mass is 16.5. The van der Waals surface area contributed by atoms with Crippen LogP contribution in [0.15, 0.2) is 48.5 Å². The highest BCUT2D eigenvalue weighted by Crippen LogP contribution is 2.20. The molecule has 0 radical (unpaired) electrons. The lowest BCUT2D eigenvalue weighted by molar-refractivity contribution is -0.129. The number of hydrogen-bond acceptors (Lipinski definition) is 3. The second-order valence-electron chi connectivity index (χ2n) is 5.02. The topological polar surface area (TPSA) is 69.6 Å². The van der Waals surface area contributed by atoms with E-state index in [2.05, 4.69) is 36.5 Å². The van der Waals surface area contributed by atoms with E-state index in [4.69, 9.17) is 10.2 Å². The zero-order valence-electron chi connectivity index (χ0n) is 11.9. The van der Waals surface area contributed by atoms with Crippen LogP contribution in [0.3, 0.4) is 0 Å². The molecular formula is C17H19NO3. The third kappa shape index (κ3) is 4.70. The molecule has 0 bridgehead atoms. The largest absolute Gasteiger partial charge is 0.368 e. The number of nitrogens with one attached hydrogen (secondary N) is 1. The summed E-state index contributed by atoms with van der Waals surface area (Å²) in [6.45, 7) is 2.43. The SMILES string of the molecule is Cc1ccc(-c2ccc(CNC(=O)CC(O)O)cc2)cc1. The van der Waals surface area contributed by atoms with Gasteiger partial charge in [-0.05, 0) is 23.6 Å². The Balaban J connectivity index is 1.96. The van der Waals surface area contributed by atoms with Crippen molar-refractivity contribution in [3.63, 3.8) is 0 Å². The minimum Gasteiger partial charge on any atom is -0.368 e. The summed E-state index contributed by atoms with van der Waals surface area (Å²) in [5.41, 5.74) is 4.46. The van der Waals surface area contributed by atoms with Crippen molar-refractivity contribution in [1.29, 1.82) is 0 Å². The molecule has 4 nitrogen and oxygen atoms in total. The molecule has 0 aliphatic heterocycles. The maximum absolute atomic E-state index is 11.3. The molecule has 0 aliphatic rings. The molecule has 1 amide bonds. The molecule has 0 unspecified atom stereocenters. The van der Waals surface area contributed by atoms with Gasteiger partial charge in [-0.3, -0.25) is 4.79 Å². The lowest BCUT2D eigenvalue weighted by atomic mass is 10.0. The van der Waals surface area contributed by atoms with E-state index in [0.717, 1.165) is 16.7 Å². The van der Waals surface area contributed by atoms with Crippen LogP contribution in [0.5, 0.6) is 0 Å². The second-order valence-corrected chi connectivity index (χ2v) is 5.02. The smallest absolute Gasteiger partial charge is 0.225 e. The molecule has 0 saturated carbocycles. The van der Waals surface area contributed by atoms with E-state index in [9.17, 15) is 4.79 Å². The van der Waals surface area contributed by atoms with E-state index >= 15 is 0 Å². The Morgan fingerprint density at radius 1 is 1.00 bits per heavy atom. The standard InChI is InChI=1S/C17H19NO3/c1-12-2-6-14(7-3-12)15-8-4-13(5-9-15)11-18-16(19)10-17(20)21/h2-9,17,20-21H,10-11H2,1H3,(H,18,19). The zero-order chi connectivity index (χ0) is 15.2. The summed E-state index contributed by atoms with van der Waals surface area (Å²) in [7, 11) is 0. The number of carbonyl (C=O) groups is 1. The lowest BCUT2D eigenvalue weighted by Gasteiger charge is -2.08. The van der Waals surface area contributed by atoms with Crippen LogP contribution in [0.25, 0.3) is 11.1 Å². The number of rotatable bonds is 5. The first-order chi connectivity index (χ1) is 10.0. The van der Waals surface area contributed by atoms with Crippen molar-refractivity contribution in [2.45, 2.75) is 26.2 Å². The van der Waals surface area contributed by atoms with E-state index in [1.54, 1.807) is 0 Å². The highest BCUT2D eigenvalue weighted by molar-refractivity contribution is 5.76. The van der Waals surface area contributed by atoms with Crippen molar-refractivity contribution in [2.75, 3.05) is 0 Å². The normalized spacial score (nSPS) is 10.7. The number of carbonyl (C=O) groups excluding carboxylic acids is 1. The highest BCUT2D eigenvalue weighted by Gasteiger charge is 2.06. The first-order valence-electron chi connectivity index (χ1n) is 6.83. The predicted octanol–water partition coefficient (Wildman–Crippen LogP) is 1.98. The van der Waals surface area contributed by atoms with Crippen molar-refractivity contribution in [3.8, 4) is 11.1 Å². The van der Waals surface area contributed by atoms with E-state index in [-0.39, 0.29) is 12.3 Å². The van der Waals surface area contributed by atoms with Crippen molar-refractivity contribution in [2.24, 2.45) is 0 Å².